The molecule has 88 valence electrons. The number of amides is 4. The molecule has 1 aliphatic heterocycles. The van der Waals surface area contributed by atoms with Crippen molar-refractivity contribution in [2.75, 3.05) is 0 Å². The summed E-state index contributed by atoms with van der Waals surface area (Å²) in [5.74, 6) is -2.07. The Morgan fingerprint density at radius 1 is 1.12 bits per heavy atom. The molecule has 0 aliphatic carbocycles. The van der Waals surface area contributed by atoms with E-state index >= 15 is 0 Å². The zero-order valence-corrected chi connectivity index (χ0v) is 9.45. The van der Waals surface area contributed by atoms with Crippen LogP contribution in [0.4, 0.5) is 4.79 Å². The molecule has 1 aromatic carbocycles. The van der Waals surface area contributed by atoms with Crippen molar-refractivity contribution in [3.8, 4) is 0 Å². The number of hydrogen-bond donors (Lipinski definition) is 2. The van der Waals surface area contributed by atoms with Crippen LogP contribution in [0.5, 0.6) is 0 Å². The fourth-order valence-corrected chi connectivity index (χ4v) is 1.85. The minimum Gasteiger partial charge on any atom is -0.277 e. The van der Waals surface area contributed by atoms with E-state index < -0.39 is 23.8 Å². The molecule has 1 fully saturated rings. The van der Waals surface area contributed by atoms with E-state index in [1.807, 2.05) is 0 Å². The lowest BCUT2D eigenvalue weighted by Crippen LogP contribution is -2.56. The second-order valence-corrected chi connectivity index (χ2v) is 4.13. The second kappa shape index (κ2) is 4.55. The van der Waals surface area contributed by atoms with Crippen molar-refractivity contribution in [1.82, 2.24) is 10.6 Å². The average molecular weight is 253 g/mol. The van der Waals surface area contributed by atoms with E-state index in [-0.39, 0.29) is 6.42 Å². The van der Waals surface area contributed by atoms with Crippen LogP contribution >= 0.6 is 11.6 Å². The predicted molar refractivity (Wildman–Crippen MR) is 60.3 cm³/mol. The van der Waals surface area contributed by atoms with Crippen molar-refractivity contribution in [3.05, 3.63) is 34.9 Å². The standard InChI is InChI=1S/C11H9ClN2O3/c12-7-3-1-2-6(4-7)5-8-9(15)13-11(17)14-10(8)16/h1-4,8H,5H2,(H2,13,14,15,16,17). The molecule has 0 bridgehead atoms. The quantitative estimate of drug-likeness (QED) is 0.767. The summed E-state index contributed by atoms with van der Waals surface area (Å²) in [6, 6.07) is 6.11. The van der Waals surface area contributed by atoms with Gasteiger partial charge in [0.25, 0.3) is 0 Å². The third kappa shape index (κ3) is 2.62. The van der Waals surface area contributed by atoms with Crippen LogP contribution in [0.3, 0.4) is 0 Å². The van der Waals surface area contributed by atoms with Gasteiger partial charge < -0.3 is 0 Å². The van der Waals surface area contributed by atoms with Crippen LogP contribution < -0.4 is 10.6 Å². The highest BCUT2D eigenvalue weighted by atomic mass is 35.5. The van der Waals surface area contributed by atoms with Crippen LogP contribution in [0.2, 0.25) is 5.02 Å². The smallest absolute Gasteiger partial charge is 0.277 e. The van der Waals surface area contributed by atoms with E-state index in [9.17, 15) is 14.4 Å². The Hall–Kier alpha value is -1.88. The molecule has 1 aliphatic rings. The SMILES string of the molecule is O=C1NC(=O)C(Cc2cccc(Cl)c2)C(=O)N1. The fourth-order valence-electron chi connectivity index (χ4n) is 1.63. The molecule has 0 radical (unpaired) electrons. The summed E-state index contributed by atoms with van der Waals surface area (Å²) in [7, 11) is 0. The first-order valence-corrected chi connectivity index (χ1v) is 5.34. The third-order valence-corrected chi connectivity index (χ3v) is 2.67. The van der Waals surface area contributed by atoms with Gasteiger partial charge >= 0.3 is 6.03 Å². The zero-order valence-electron chi connectivity index (χ0n) is 8.70. The molecule has 5 nitrogen and oxygen atoms in total. The summed E-state index contributed by atoms with van der Waals surface area (Å²) < 4.78 is 0. The Balaban J connectivity index is 2.15. The van der Waals surface area contributed by atoms with E-state index in [0.29, 0.717) is 5.02 Å². The van der Waals surface area contributed by atoms with Crippen molar-refractivity contribution in [2.24, 2.45) is 5.92 Å². The van der Waals surface area contributed by atoms with Gasteiger partial charge in [-0.2, -0.15) is 0 Å². The Morgan fingerprint density at radius 2 is 1.76 bits per heavy atom. The number of imide groups is 2. The van der Waals surface area contributed by atoms with E-state index in [4.69, 9.17) is 11.6 Å². The number of benzene rings is 1. The molecule has 6 heteroatoms. The Morgan fingerprint density at radius 3 is 2.35 bits per heavy atom. The first-order valence-electron chi connectivity index (χ1n) is 4.96. The fraction of sp³-hybridized carbons (Fsp3) is 0.182. The Kier molecular flexibility index (Phi) is 3.10. The van der Waals surface area contributed by atoms with Crippen molar-refractivity contribution in [2.45, 2.75) is 6.42 Å². The van der Waals surface area contributed by atoms with Crippen molar-refractivity contribution in [1.29, 1.82) is 0 Å². The summed E-state index contributed by atoms with van der Waals surface area (Å²) in [6.45, 7) is 0. The predicted octanol–water partition coefficient (Wildman–Crippen LogP) is 0.865. The van der Waals surface area contributed by atoms with Crippen LogP contribution in [0.1, 0.15) is 5.56 Å². The van der Waals surface area contributed by atoms with Crippen LogP contribution in [-0.2, 0) is 16.0 Å². The summed E-state index contributed by atoms with van der Waals surface area (Å²) in [5, 5.41) is 4.64. The van der Waals surface area contributed by atoms with Crippen molar-refractivity contribution < 1.29 is 14.4 Å². The summed E-state index contributed by atoms with van der Waals surface area (Å²) >= 11 is 5.80. The molecule has 0 unspecified atom stereocenters. The molecular formula is C11H9ClN2O3. The molecule has 0 spiro atoms. The number of carbonyl (C=O) groups is 3. The molecule has 1 aromatic rings. The average Bonchev–Trinajstić information content (AvgIpc) is 2.23. The molecule has 4 amide bonds. The molecule has 0 saturated carbocycles. The molecule has 2 N–H and O–H groups in total. The van der Waals surface area contributed by atoms with Gasteiger partial charge in [0.15, 0.2) is 0 Å². The highest BCUT2D eigenvalue weighted by molar-refractivity contribution is 6.30. The number of hydrogen-bond acceptors (Lipinski definition) is 3. The van der Waals surface area contributed by atoms with Crippen molar-refractivity contribution in [3.63, 3.8) is 0 Å². The molecule has 2 rings (SSSR count). The summed E-state index contributed by atoms with van der Waals surface area (Å²) in [6.07, 6.45) is 0.214. The van der Waals surface area contributed by atoms with Crippen LogP contribution in [0, 0.1) is 5.92 Å². The normalized spacial score (nSPS) is 16.6. The summed E-state index contributed by atoms with van der Waals surface area (Å²) in [4.78, 5) is 33.8. The van der Waals surface area contributed by atoms with E-state index in [1.54, 1.807) is 24.3 Å². The summed E-state index contributed by atoms with van der Waals surface area (Å²) in [5.41, 5.74) is 0.766. The van der Waals surface area contributed by atoms with Crippen LogP contribution in [0.15, 0.2) is 24.3 Å². The van der Waals surface area contributed by atoms with Gasteiger partial charge in [-0.3, -0.25) is 20.2 Å². The first kappa shape index (κ1) is 11.6. The largest absolute Gasteiger partial charge is 0.328 e. The van der Waals surface area contributed by atoms with Crippen LogP contribution in [0.25, 0.3) is 0 Å². The van der Waals surface area contributed by atoms with Gasteiger partial charge in [0.2, 0.25) is 11.8 Å². The monoisotopic (exact) mass is 252 g/mol. The number of rotatable bonds is 2. The lowest BCUT2D eigenvalue weighted by atomic mass is 9.96. The lowest BCUT2D eigenvalue weighted by Gasteiger charge is -2.20. The van der Waals surface area contributed by atoms with Gasteiger partial charge in [-0.1, -0.05) is 23.7 Å². The maximum absolute atomic E-state index is 11.5. The molecule has 0 aromatic heterocycles. The van der Waals surface area contributed by atoms with Crippen molar-refractivity contribution >= 4 is 29.4 Å². The van der Waals surface area contributed by atoms with Gasteiger partial charge in [0.1, 0.15) is 5.92 Å². The van der Waals surface area contributed by atoms with Gasteiger partial charge in [-0.25, -0.2) is 4.79 Å². The second-order valence-electron chi connectivity index (χ2n) is 3.69. The molecule has 0 atom stereocenters. The Bertz CT molecular complexity index is 481. The maximum Gasteiger partial charge on any atom is 0.328 e. The molecule has 1 heterocycles. The third-order valence-electron chi connectivity index (χ3n) is 2.44. The zero-order chi connectivity index (χ0) is 12.4. The molecular weight excluding hydrogens is 244 g/mol. The number of halogens is 1. The number of barbiturate groups is 1. The number of nitrogens with one attached hydrogen (secondary N) is 2. The van der Waals surface area contributed by atoms with E-state index in [2.05, 4.69) is 10.6 Å². The molecule has 17 heavy (non-hydrogen) atoms. The first-order chi connectivity index (χ1) is 8.06. The highest BCUT2D eigenvalue weighted by Gasteiger charge is 2.33. The molecule has 1 saturated heterocycles. The van der Waals surface area contributed by atoms with Gasteiger partial charge in [0, 0.05) is 5.02 Å². The Labute approximate surface area is 102 Å². The van der Waals surface area contributed by atoms with E-state index in [0.717, 1.165) is 5.56 Å². The lowest BCUT2D eigenvalue weighted by molar-refractivity contribution is -0.135. The van der Waals surface area contributed by atoms with Gasteiger partial charge in [-0.15, -0.1) is 0 Å². The maximum atomic E-state index is 11.5. The van der Waals surface area contributed by atoms with Crippen LogP contribution in [-0.4, -0.2) is 17.8 Å². The van der Waals surface area contributed by atoms with E-state index in [1.165, 1.54) is 0 Å². The van der Waals surface area contributed by atoms with Gasteiger partial charge in [0.05, 0.1) is 0 Å². The minimum absolute atomic E-state index is 0.214. The highest BCUT2D eigenvalue weighted by Crippen LogP contribution is 2.16. The number of carbonyl (C=O) groups excluding carboxylic acids is 3. The minimum atomic E-state index is -0.897. The topological polar surface area (TPSA) is 75.3 Å². The van der Waals surface area contributed by atoms with Gasteiger partial charge in [-0.05, 0) is 24.1 Å². The number of urea groups is 1.